The molecule has 2 heterocycles. The quantitative estimate of drug-likeness (QED) is 0.379. The maximum absolute atomic E-state index is 11.9. The van der Waals surface area contributed by atoms with Crippen LogP contribution in [-0.2, 0) is 4.74 Å². The highest BCUT2D eigenvalue weighted by Crippen LogP contribution is 2.25. The van der Waals surface area contributed by atoms with E-state index in [0.717, 1.165) is 0 Å². The van der Waals surface area contributed by atoms with Crippen LogP contribution in [0.1, 0.15) is 20.9 Å². The average molecular weight is 368 g/mol. The van der Waals surface area contributed by atoms with Gasteiger partial charge in [0.15, 0.2) is 17.4 Å². The number of nitrogens with zero attached hydrogens (tertiary/aromatic N) is 2. The Morgan fingerprint density at radius 1 is 1.11 bits per heavy atom. The Morgan fingerprint density at radius 2 is 1.85 bits per heavy atom. The summed E-state index contributed by atoms with van der Waals surface area (Å²) in [6.45, 7) is 0. The van der Waals surface area contributed by atoms with Crippen molar-refractivity contribution in [2.45, 2.75) is 0 Å². The Balaban J connectivity index is 1.69. The first-order valence-corrected chi connectivity index (χ1v) is 7.74. The van der Waals surface area contributed by atoms with Crippen molar-refractivity contribution < 1.29 is 18.7 Å². The van der Waals surface area contributed by atoms with Crippen LogP contribution in [0.15, 0.2) is 53.4 Å². The summed E-state index contributed by atoms with van der Waals surface area (Å²) in [7, 11) is 1.31. The van der Waals surface area contributed by atoms with Crippen LogP contribution >= 0.6 is 0 Å². The molecule has 1 amide bonds. The summed E-state index contributed by atoms with van der Waals surface area (Å²) in [5, 5.41) is 3.01. The summed E-state index contributed by atoms with van der Waals surface area (Å²) >= 11 is 0. The number of rotatable bonds is 6. The second-order valence-corrected chi connectivity index (χ2v) is 5.23. The Morgan fingerprint density at radius 3 is 2.52 bits per heavy atom. The van der Waals surface area contributed by atoms with Gasteiger partial charge in [-0.25, -0.2) is 14.8 Å². The SMILES string of the molecule is COC(=O)c1ccc(Nc2ncnc(NNC(=O)c3ccco3)c2N)cc1. The molecule has 3 aromatic rings. The molecule has 0 bridgehead atoms. The van der Waals surface area contributed by atoms with E-state index >= 15 is 0 Å². The third kappa shape index (κ3) is 4.12. The van der Waals surface area contributed by atoms with Gasteiger partial charge >= 0.3 is 11.9 Å². The minimum absolute atomic E-state index is 0.138. The van der Waals surface area contributed by atoms with Crippen molar-refractivity contribution in [3.63, 3.8) is 0 Å². The fraction of sp³-hybridized carbons (Fsp3) is 0.0588. The fourth-order valence-electron chi connectivity index (χ4n) is 2.12. The van der Waals surface area contributed by atoms with E-state index in [2.05, 4.69) is 30.9 Å². The molecule has 27 heavy (non-hydrogen) atoms. The minimum atomic E-state index is -0.481. The van der Waals surface area contributed by atoms with Gasteiger partial charge in [0.1, 0.15) is 12.0 Å². The highest BCUT2D eigenvalue weighted by atomic mass is 16.5. The molecule has 1 aromatic carbocycles. The van der Waals surface area contributed by atoms with Gasteiger partial charge in [0.05, 0.1) is 18.9 Å². The number of ether oxygens (including phenoxy) is 1. The van der Waals surface area contributed by atoms with Gasteiger partial charge in [-0.2, -0.15) is 0 Å². The molecule has 0 saturated carbocycles. The number of carbonyl (C=O) groups excluding carboxylic acids is 2. The van der Waals surface area contributed by atoms with E-state index in [1.54, 1.807) is 30.3 Å². The van der Waals surface area contributed by atoms with Gasteiger partial charge in [0, 0.05) is 5.69 Å². The van der Waals surface area contributed by atoms with Crippen LogP contribution in [0, 0.1) is 0 Å². The first-order chi connectivity index (χ1) is 13.1. The predicted octanol–water partition coefficient (Wildman–Crippen LogP) is 1.94. The van der Waals surface area contributed by atoms with Gasteiger partial charge < -0.3 is 20.2 Å². The second-order valence-electron chi connectivity index (χ2n) is 5.23. The molecule has 10 heteroatoms. The summed E-state index contributed by atoms with van der Waals surface area (Å²) in [6, 6.07) is 9.69. The topological polar surface area (TPSA) is 144 Å². The van der Waals surface area contributed by atoms with E-state index in [4.69, 9.17) is 10.2 Å². The maximum atomic E-state index is 11.9. The molecule has 0 saturated heterocycles. The number of aromatic nitrogens is 2. The van der Waals surface area contributed by atoms with E-state index in [1.807, 2.05) is 0 Å². The predicted molar refractivity (Wildman–Crippen MR) is 97.3 cm³/mol. The van der Waals surface area contributed by atoms with Gasteiger partial charge in [-0.1, -0.05) is 0 Å². The summed E-state index contributed by atoms with van der Waals surface area (Å²) in [5.74, 6) is -0.240. The lowest BCUT2D eigenvalue weighted by Crippen LogP contribution is -2.30. The first kappa shape index (κ1) is 17.7. The lowest BCUT2D eigenvalue weighted by molar-refractivity contribution is 0.0600. The van der Waals surface area contributed by atoms with E-state index in [0.29, 0.717) is 17.1 Å². The molecule has 3 rings (SSSR count). The first-order valence-electron chi connectivity index (χ1n) is 7.74. The smallest absolute Gasteiger partial charge is 0.337 e. The van der Waals surface area contributed by atoms with Gasteiger partial charge in [-0.05, 0) is 36.4 Å². The zero-order valence-electron chi connectivity index (χ0n) is 14.2. The van der Waals surface area contributed by atoms with Crippen LogP contribution in [0.5, 0.6) is 0 Å². The van der Waals surface area contributed by atoms with E-state index in [9.17, 15) is 9.59 Å². The number of anilines is 4. The van der Waals surface area contributed by atoms with Gasteiger partial charge in [-0.15, -0.1) is 0 Å². The number of benzene rings is 1. The number of nitrogens with two attached hydrogens (primary N) is 1. The molecule has 0 aliphatic rings. The monoisotopic (exact) mass is 368 g/mol. The molecule has 0 unspecified atom stereocenters. The number of carbonyl (C=O) groups is 2. The molecule has 0 spiro atoms. The largest absolute Gasteiger partial charge is 0.465 e. The summed E-state index contributed by atoms with van der Waals surface area (Å²) in [4.78, 5) is 31.4. The average Bonchev–Trinajstić information content (AvgIpc) is 3.23. The van der Waals surface area contributed by atoms with E-state index in [-0.39, 0.29) is 17.3 Å². The van der Waals surface area contributed by atoms with Crippen molar-refractivity contribution in [1.82, 2.24) is 15.4 Å². The number of nitrogens with one attached hydrogen (secondary N) is 3. The molecular weight excluding hydrogens is 352 g/mol. The number of furan rings is 1. The van der Waals surface area contributed by atoms with Crippen molar-refractivity contribution in [1.29, 1.82) is 0 Å². The number of hydrogen-bond acceptors (Lipinski definition) is 9. The zero-order chi connectivity index (χ0) is 19.2. The lowest BCUT2D eigenvalue weighted by atomic mass is 10.2. The molecule has 0 aliphatic carbocycles. The third-order valence-corrected chi connectivity index (χ3v) is 3.49. The molecule has 5 N–H and O–H groups in total. The molecule has 10 nitrogen and oxygen atoms in total. The van der Waals surface area contributed by atoms with Crippen molar-refractivity contribution in [2.75, 3.05) is 23.6 Å². The molecular formula is C17H16N6O4. The standard InChI is InChI=1S/C17H16N6O4/c1-26-17(25)10-4-6-11(7-5-10)21-14-13(18)15(20-9-19-14)22-23-16(24)12-3-2-8-27-12/h2-9H,18H2,1H3,(H,23,24)(H2,19,20,21,22). The fourth-order valence-corrected chi connectivity index (χ4v) is 2.12. The van der Waals surface area contributed by atoms with Crippen LogP contribution in [0.25, 0.3) is 0 Å². The number of methoxy groups -OCH3 is 1. The van der Waals surface area contributed by atoms with Gasteiger partial charge in [0.2, 0.25) is 0 Å². The Kier molecular flexibility index (Phi) is 5.17. The summed E-state index contributed by atoms with van der Waals surface area (Å²) in [5.41, 5.74) is 12.3. The Hall–Kier alpha value is -4.08. The number of hydrazine groups is 1. The molecule has 0 radical (unpaired) electrons. The van der Waals surface area contributed by atoms with Crippen molar-refractivity contribution in [3.8, 4) is 0 Å². The van der Waals surface area contributed by atoms with Crippen LogP contribution in [0.2, 0.25) is 0 Å². The van der Waals surface area contributed by atoms with Crippen LogP contribution in [-0.4, -0.2) is 29.0 Å². The van der Waals surface area contributed by atoms with Crippen molar-refractivity contribution in [3.05, 3.63) is 60.3 Å². The number of hydrogen-bond donors (Lipinski definition) is 4. The highest BCUT2D eigenvalue weighted by Gasteiger charge is 2.12. The summed E-state index contributed by atoms with van der Waals surface area (Å²) in [6.07, 6.45) is 2.67. The van der Waals surface area contributed by atoms with Crippen molar-refractivity contribution in [2.24, 2.45) is 0 Å². The molecule has 0 aliphatic heterocycles. The second kappa shape index (κ2) is 7.87. The molecule has 0 atom stereocenters. The molecule has 138 valence electrons. The number of nitrogen functional groups attached to an aromatic ring is 1. The van der Waals surface area contributed by atoms with Gasteiger partial charge in [0.25, 0.3) is 0 Å². The highest BCUT2D eigenvalue weighted by molar-refractivity contribution is 5.92. The minimum Gasteiger partial charge on any atom is -0.465 e. The summed E-state index contributed by atoms with van der Waals surface area (Å²) < 4.78 is 9.64. The molecule has 0 fully saturated rings. The maximum Gasteiger partial charge on any atom is 0.337 e. The number of amides is 1. The number of esters is 1. The van der Waals surface area contributed by atoms with E-state index in [1.165, 1.54) is 25.8 Å². The van der Waals surface area contributed by atoms with E-state index < -0.39 is 11.9 Å². The van der Waals surface area contributed by atoms with Crippen LogP contribution < -0.4 is 21.9 Å². The normalized spacial score (nSPS) is 10.1. The Labute approximate surface area is 153 Å². The van der Waals surface area contributed by atoms with Crippen molar-refractivity contribution >= 4 is 34.9 Å². The van der Waals surface area contributed by atoms with Crippen LogP contribution in [0.3, 0.4) is 0 Å². The lowest BCUT2D eigenvalue weighted by Gasteiger charge is -2.13. The zero-order valence-corrected chi connectivity index (χ0v) is 14.2. The molecule has 2 aromatic heterocycles. The Bertz CT molecular complexity index is 941. The van der Waals surface area contributed by atoms with Gasteiger partial charge in [-0.3, -0.25) is 15.6 Å². The third-order valence-electron chi connectivity index (χ3n) is 3.49. The van der Waals surface area contributed by atoms with Crippen LogP contribution in [0.4, 0.5) is 23.0 Å².